The molecule has 9 nitrogen and oxygen atoms in total. The molecular weight excluding hydrogens is 421 g/mol. The van der Waals surface area contributed by atoms with E-state index in [2.05, 4.69) is 35.8 Å². The molecule has 166 valence electrons. The summed E-state index contributed by atoms with van der Waals surface area (Å²) in [5, 5.41) is 3.54. The van der Waals surface area contributed by atoms with Gasteiger partial charge in [-0.1, -0.05) is 25.9 Å². The minimum absolute atomic E-state index is 0.0221. The number of aromatic nitrogens is 1. The number of azide groups is 1. The van der Waals surface area contributed by atoms with Gasteiger partial charge in [0.1, 0.15) is 23.9 Å². The van der Waals surface area contributed by atoms with Crippen LogP contribution in [0.5, 0.6) is 0 Å². The first-order valence-electron chi connectivity index (χ1n) is 9.89. The van der Waals surface area contributed by atoms with Gasteiger partial charge in [0.25, 0.3) is 0 Å². The highest BCUT2D eigenvalue weighted by Crippen LogP contribution is 2.33. The van der Waals surface area contributed by atoms with Crippen molar-refractivity contribution in [3.8, 4) is 11.5 Å². The van der Waals surface area contributed by atoms with Crippen molar-refractivity contribution in [2.75, 3.05) is 18.0 Å². The molecule has 0 unspecified atom stereocenters. The van der Waals surface area contributed by atoms with Crippen LogP contribution >= 0.6 is 0 Å². The number of hydrogen-bond acceptors (Lipinski definition) is 6. The van der Waals surface area contributed by atoms with E-state index in [1.165, 1.54) is 23.3 Å². The largest absolute Gasteiger partial charge is 0.444 e. The molecule has 0 N–H and O–H groups in total. The van der Waals surface area contributed by atoms with Crippen molar-refractivity contribution in [2.24, 2.45) is 5.11 Å². The molecule has 1 saturated heterocycles. The van der Waals surface area contributed by atoms with E-state index in [-0.39, 0.29) is 29.6 Å². The zero-order valence-electron chi connectivity index (χ0n) is 18.3. The fourth-order valence-electron chi connectivity index (χ4n) is 2.95. The number of nitrogens with zero attached hydrogens (tertiary/aromatic N) is 5. The van der Waals surface area contributed by atoms with E-state index in [0.29, 0.717) is 11.4 Å². The van der Waals surface area contributed by atoms with Gasteiger partial charge >= 0.3 is 6.09 Å². The molecule has 2 heterocycles. The van der Waals surface area contributed by atoms with Crippen molar-refractivity contribution >= 4 is 21.5 Å². The lowest BCUT2D eigenvalue weighted by molar-refractivity contribution is 0.104. The maximum atomic E-state index is 14.9. The van der Waals surface area contributed by atoms with Crippen LogP contribution in [0.4, 0.5) is 14.9 Å². The van der Waals surface area contributed by atoms with Crippen LogP contribution in [0.25, 0.3) is 21.9 Å². The third kappa shape index (κ3) is 5.43. The summed E-state index contributed by atoms with van der Waals surface area (Å²) in [6.45, 7) is 10.4. The summed E-state index contributed by atoms with van der Waals surface area (Å²) in [7, 11) is -0.820. The first kappa shape index (κ1) is 22.8. The molecule has 0 radical (unpaired) electrons. The number of anilines is 1. The van der Waals surface area contributed by atoms with E-state index < -0.39 is 33.4 Å². The van der Waals surface area contributed by atoms with Crippen LogP contribution in [0.1, 0.15) is 40.3 Å². The van der Waals surface area contributed by atoms with Gasteiger partial charge < -0.3 is 13.6 Å². The van der Waals surface area contributed by atoms with Gasteiger partial charge in [-0.2, -0.15) is 0 Å². The maximum absolute atomic E-state index is 14.9. The molecular formula is C20H26FN5O4Si. The molecule has 0 spiro atoms. The Hall–Kier alpha value is -2.88. The average molecular weight is 448 g/mol. The number of carbonyl (C=O) groups excluding carboxylic acids is 1. The van der Waals surface area contributed by atoms with Crippen LogP contribution in [0.2, 0.25) is 5.04 Å². The third-order valence-electron chi connectivity index (χ3n) is 4.70. The summed E-state index contributed by atoms with van der Waals surface area (Å²) in [5.41, 5.74) is 8.86. The second-order valence-electron chi connectivity index (χ2n) is 9.09. The SMILES string of the molecule is CC(C)(C)[SiH2]OC(C)(C)c1coc(-c2ccc(N3C[C@H](CN=[N+]=[N-])OC3=O)cc2F)n1. The Bertz CT molecular complexity index is 1010. The van der Waals surface area contributed by atoms with E-state index in [0.717, 1.165) is 0 Å². The predicted molar refractivity (Wildman–Crippen MR) is 116 cm³/mol. The lowest BCUT2D eigenvalue weighted by Gasteiger charge is -2.28. The van der Waals surface area contributed by atoms with E-state index in [9.17, 15) is 9.18 Å². The Morgan fingerprint density at radius 2 is 2.13 bits per heavy atom. The van der Waals surface area contributed by atoms with Gasteiger partial charge in [0.15, 0.2) is 9.76 Å². The number of benzene rings is 1. The van der Waals surface area contributed by atoms with E-state index in [1.807, 2.05) is 13.8 Å². The molecule has 1 aromatic heterocycles. The Kier molecular flexibility index (Phi) is 6.39. The minimum atomic E-state index is -0.820. The lowest BCUT2D eigenvalue weighted by Crippen LogP contribution is -2.28. The van der Waals surface area contributed by atoms with Crippen LogP contribution in [0.3, 0.4) is 0 Å². The quantitative estimate of drug-likeness (QED) is 0.265. The Balaban J connectivity index is 1.77. The van der Waals surface area contributed by atoms with Gasteiger partial charge in [-0.25, -0.2) is 14.2 Å². The van der Waals surface area contributed by atoms with E-state index >= 15 is 0 Å². The number of hydrogen-bond donors (Lipinski definition) is 0. The normalized spacial score (nSPS) is 17.3. The third-order valence-corrected chi connectivity index (χ3v) is 6.44. The second-order valence-corrected chi connectivity index (χ2v) is 11.8. The monoisotopic (exact) mass is 447 g/mol. The summed E-state index contributed by atoms with van der Waals surface area (Å²) in [5.74, 6) is -0.446. The van der Waals surface area contributed by atoms with E-state index in [1.54, 1.807) is 6.07 Å². The highest BCUT2D eigenvalue weighted by Gasteiger charge is 2.33. The highest BCUT2D eigenvalue weighted by molar-refractivity contribution is 6.31. The number of carbonyl (C=O) groups is 1. The predicted octanol–water partition coefficient (Wildman–Crippen LogP) is 4.67. The number of amides is 1. The molecule has 11 heteroatoms. The number of ether oxygens (including phenoxy) is 1. The molecule has 1 aliphatic heterocycles. The van der Waals surface area contributed by atoms with E-state index in [4.69, 9.17) is 19.1 Å². The molecule has 2 aromatic rings. The summed E-state index contributed by atoms with van der Waals surface area (Å²) in [6.07, 6.45) is 0.294. The first-order chi connectivity index (χ1) is 14.5. The molecule has 1 aliphatic rings. The van der Waals surface area contributed by atoms with Crippen molar-refractivity contribution in [3.63, 3.8) is 0 Å². The summed E-state index contributed by atoms with van der Waals surface area (Å²) >= 11 is 0. The van der Waals surface area contributed by atoms with Crippen LogP contribution in [0.15, 0.2) is 34.0 Å². The molecule has 1 amide bonds. The summed E-state index contributed by atoms with van der Waals surface area (Å²) < 4.78 is 31.6. The molecule has 0 bridgehead atoms. The number of cyclic esters (lactones) is 1. The van der Waals surface area contributed by atoms with Crippen molar-refractivity contribution in [2.45, 2.75) is 51.4 Å². The average Bonchev–Trinajstić information content (AvgIpc) is 3.32. The summed E-state index contributed by atoms with van der Waals surface area (Å²) in [4.78, 5) is 20.5. The van der Waals surface area contributed by atoms with Crippen LogP contribution in [-0.4, -0.2) is 40.0 Å². The topological polar surface area (TPSA) is 114 Å². The van der Waals surface area contributed by atoms with Gasteiger partial charge in [0, 0.05) is 4.91 Å². The summed E-state index contributed by atoms with van der Waals surface area (Å²) in [6, 6.07) is 4.32. The number of oxazole rings is 1. The molecule has 3 rings (SSSR count). The van der Waals surface area contributed by atoms with Crippen molar-refractivity contribution < 1.29 is 22.8 Å². The zero-order chi connectivity index (χ0) is 22.8. The Morgan fingerprint density at radius 3 is 2.77 bits per heavy atom. The van der Waals surface area contributed by atoms with Crippen LogP contribution in [0, 0.1) is 5.82 Å². The number of halogens is 1. The van der Waals surface area contributed by atoms with Gasteiger partial charge in [-0.15, -0.1) is 0 Å². The first-order valence-corrected chi connectivity index (χ1v) is 11.2. The molecule has 1 atom stereocenters. The molecule has 0 aliphatic carbocycles. The van der Waals surface area contributed by atoms with Gasteiger partial charge in [-0.05, 0) is 42.6 Å². The van der Waals surface area contributed by atoms with Crippen molar-refractivity contribution in [1.29, 1.82) is 0 Å². The molecule has 31 heavy (non-hydrogen) atoms. The fraction of sp³-hybridized carbons (Fsp3) is 0.500. The number of rotatable bonds is 7. The fourth-order valence-corrected chi connectivity index (χ4v) is 3.89. The van der Waals surface area contributed by atoms with Crippen molar-refractivity contribution in [3.05, 3.63) is 46.4 Å². The second kappa shape index (κ2) is 8.70. The zero-order valence-corrected chi connectivity index (χ0v) is 19.7. The molecule has 1 aromatic carbocycles. The van der Waals surface area contributed by atoms with Gasteiger partial charge in [0.2, 0.25) is 5.89 Å². The smallest absolute Gasteiger partial charge is 0.414 e. The van der Waals surface area contributed by atoms with Crippen LogP contribution < -0.4 is 4.90 Å². The van der Waals surface area contributed by atoms with Crippen LogP contribution in [-0.2, 0) is 14.8 Å². The highest BCUT2D eigenvalue weighted by atomic mass is 28.2. The maximum Gasteiger partial charge on any atom is 0.414 e. The molecule has 0 saturated carbocycles. The van der Waals surface area contributed by atoms with Gasteiger partial charge in [-0.3, -0.25) is 4.90 Å². The molecule has 1 fully saturated rings. The Labute approximate surface area is 182 Å². The Morgan fingerprint density at radius 1 is 1.39 bits per heavy atom. The standard InChI is InChI=1S/C20H26FN5O4Si/c1-19(2,3)31-30-20(4,5)16-11-28-17(24-16)14-7-6-12(8-15(14)21)26-10-13(9-23-25-22)29-18(26)27/h6-8,11,13H,9-10,31H2,1-5H3/t13-/m0/s1. The lowest BCUT2D eigenvalue weighted by atomic mass is 10.1. The van der Waals surface area contributed by atoms with Crippen molar-refractivity contribution in [1.82, 2.24) is 4.98 Å². The minimum Gasteiger partial charge on any atom is -0.444 e. The van der Waals surface area contributed by atoms with Gasteiger partial charge in [0.05, 0.1) is 29.9 Å².